The lowest BCUT2D eigenvalue weighted by molar-refractivity contribution is -0.122. The summed E-state index contributed by atoms with van der Waals surface area (Å²) in [5.41, 5.74) is 2.74. The molecule has 3 aromatic rings. The minimum Gasteiger partial charge on any atom is -0.484 e. The number of benzene rings is 3. The van der Waals surface area contributed by atoms with Crippen molar-refractivity contribution in [3.8, 4) is 5.75 Å². The van der Waals surface area contributed by atoms with Crippen LogP contribution in [0.15, 0.2) is 71.6 Å². The molecule has 3 aromatic carbocycles. The van der Waals surface area contributed by atoms with Gasteiger partial charge in [-0.25, -0.2) is 8.42 Å². The summed E-state index contributed by atoms with van der Waals surface area (Å²) in [6, 6.07) is 18.0. The number of hydrogen-bond acceptors (Lipinski definition) is 5. The number of carbonyl (C=O) groups excluding carboxylic acids is 2. The average Bonchev–Trinajstić information content (AvgIpc) is 2.78. The van der Waals surface area contributed by atoms with E-state index in [4.69, 9.17) is 4.74 Å². The number of amides is 2. The first-order chi connectivity index (χ1) is 16.2. The smallest absolute Gasteiger partial charge is 0.261 e. The standard InChI is InChI=1S/C25H27N3O5S/c1-4-26-24(29)16-33-21-11-9-19(10-12-21)27-25(30)23-15-22(13-8-18(23)3)34(31,32)28-20-7-5-6-17(2)14-20/h5-15,28H,4,16H2,1-3H3,(H,26,29)(H,27,30). The first kappa shape index (κ1) is 24.8. The van der Waals surface area contributed by atoms with E-state index in [1.807, 2.05) is 19.9 Å². The number of sulfonamides is 1. The van der Waals surface area contributed by atoms with Crippen molar-refractivity contribution in [2.45, 2.75) is 25.7 Å². The number of ether oxygens (including phenoxy) is 1. The SMILES string of the molecule is CCNC(=O)COc1ccc(NC(=O)c2cc(S(=O)(=O)Nc3cccc(C)c3)ccc2C)cc1. The number of anilines is 2. The van der Waals surface area contributed by atoms with Crippen LogP contribution in [0.2, 0.25) is 0 Å². The fourth-order valence-corrected chi connectivity index (χ4v) is 4.24. The second kappa shape index (κ2) is 10.8. The van der Waals surface area contributed by atoms with Crippen molar-refractivity contribution in [2.24, 2.45) is 0 Å². The summed E-state index contributed by atoms with van der Waals surface area (Å²) >= 11 is 0. The second-order valence-electron chi connectivity index (χ2n) is 7.67. The fraction of sp³-hybridized carbons (Fsp3) is 0.200. The predicted octanol–water partition coefficient (Wildman–Crippen LogP) is 3.87. The Balaban J connectivity index is 1.71. The lowest BCUT2D eigenvalue weighted by Gasteiger charge is -2.12. The zero-order valence-electron chi connectivity index (χ0n) is 19.2. The summed E-state index contributed by atoms with van der Waals surface area (Å²) in [4.78, 5) is 24.4. The molecule has 0 radical (unpaired) electrons. The molecule has 0 spiro atoms. The van der Waals surface area contributed by atoms with Crippen LogP contribution in [0.1, 0.15) is 28.4 Å². The van der Waals surface area contributed by atoms with Gasteiger partial charge >= 0.3 is 0 Å². The Hall–Kier alpha value is -3.85. The highest BCUT2D eigenvalue weighted by atomic mass is 32.2. The minimum absolute atomic E-state index is 0.0149. The molecule has 9 heteroatoms. The van der Waals surface area contributed by atoms with E-state index in [0.29, 0.717) is 29.2 Å². The molecule has 178 valence electrons. The molecule has 34 heavy (non-hydrogen) atoms. The average molecular weight is 482 g/mol. The van der Waals surface area contributed by atoms with Gasteiger partial charge in [0.1, 0.15) is 5.75 Å². The third-order valence-electron chi connectivity index (χ3n) is 4.89. The topological polar surface area (TPSA) is 114 Å². The lowest BCUT2D eigenvalue weighted by atomic mass is 10.1. The van der Waals surface area contributed by atoms with Crippen molar-refractivity contribution >= 4 is 33.2 Å². The first-order valence-corrected chi connectivity index (χ1v) is 12.2. The fourth-order valence-electron chi connectivity index (χ4n) is 3.17. The van der Waals surface area contributed by atoms with Crippen molar-refractivity contribution < 1.29 is 22.7 Å². The summed E-state index contributed by atoms with van der Waals surface area (Å²) in [6.45, 7) is 5.85. The Bertz CT molecular complexity index is 1290. The molecule has 0 saturated heterocycles. The van der Waals surface area contributed by atoms with E-state index in [1.54, 1.807) is 55.5 Å². The first-order valence-electron chi connectivity index (χ1n) is 10.7. The van der Waals surface area contributed by atoms with Crippen LogP contribution >= 0.6 is 0 Å². The van der Waals surface area contributed by atoms with Gasteiger partial charge in [0.25, 0.3) is 21.8 Å². The Kier molecular flexibility index (Phi) is 7.91. The number of hydrogen-bond donors (Lipinski definition) is 3. The van der Waals surface area contributed by atoms with Crippen molar-refractivity contribution in [1.29, 1.82) is 0 Å². The van der Waals surface area contributed by atoms with E-state index in [1.165, 1.54) is 12.1 Å². The van der Waals surface area contributed by atoms with Crippen molar-refractivity contribution in [1.82, 2.24) is 5.32 Å². The number of aryl methyl sites for hydroxylation is 2. The molecule has 0 fully saturated rings. The summed E-state index contributed by atoms with van der Waals surface area (Å²) in [5.74, 6) is -0.182. The van der Waals surface area contributed by atoms with Gasteiger partial charge < -0.3 is 15.4 Å². The van der Waals surface area contributed by atoms with Gasteiger partial charge in [0, 0.05) is 23.5 Å². The van der Waals surface area contributed by atoms with Crippen molar-refractivity contribution in [3.05, 3.63) is 83.4 Å². The molecule has 0 aliphatic carbocycles. The van der Waals surface area contributed by atoms with Crippen LogP contribution in [-0.4, -0.2) is 33.4 Å². The molecule has 0 saturated carbocycles. The van der Waals surface area contributed by atoms with Crippen LogP contribution in [-0.2, 0) is 14.8 Å². The molecule has 0 heterocycles. The van der Waals surface area contributed by atoms with E-state index in [2.05, 4.69) is 15.4 Å². The van der Waals surface area contributed by atoms with Crippen LogP contribution in [0, 0.1) is 13.8 Å². The normalized spacial score (nSPS) is 10.9. The largest absolute Gasteiger partial charge is 0.484 e. The third-order valence-corrected chi connectivity index (χ3v) is 6.27. The van der Waals surface area contributed by atoms with Crippen molar-refractivity contribution in [3.63, 3.8) is 0 Å². The molecule has 0 atom stereocenters. The quantitative estimate of drug-likeness (QED) is 0.429. The summed E-state index contributed by atoms with van der Waals surface area (Å²) in [7, 11) is -3.88. The minimum atomic E-state index is -3.88. The summed E-state index contributed by atoms with van der Waals surface area (Å²) < 4.78 is 33.7. The van der Waals surface area contributed by atoms with Gasteiger partial charge in [-0.1, -0.05) is 18.2 Å². The molecule has 0 bridgehead atoms. The Morgan fingerprint density at radius 1 is 0.912 bits per heavy atom. The van der Waals surface area contributed by atoms with Gasteiger partial charge in [0.05, 0.1) is 4.90 Å². The molecule has 3 rings (SSSR count). The molecule has 3 N–H and O–H groups in total. The molecule has 2 amide bonds. The van der Waals surface area contributed by atoms with Gasteiger partial charge in [0.15, 0.2) is 6.61 Å². The van der Waals surface area contributed by atoms with Crippen LogP contribution in [0.5, 0.6) is 5.75 Å². The van der Waals surface area contributed by atoms with E-state index in [-0.39, 0.29) is 23.0 Å². The summed E-state index contributed by atoms with van der Waals surface area (Å²) in [5, 5.41) is 5.40. The van der Waals surface area contributed by atoms with Crippen LogP contribution < -0.4 is 20.1 Å². The molecular formula is C25H27N3O5S. The molecule has 8 nitrogen and oxygen atoms in total. The number of likely N-dealkylation sites (N-methyl/N-ethyl adjacent to an activating group) is 1. The zero-order valence-corrected chi connectivity index (χ0v) is 20.0. The van der Waals surface area contributed by atoms with Gasteiger partial charge in [-0.05, 0) is 80.4 Å². The van der Waals surface area contributed by atoms with Crippen molar-refractivity contribution in [2.75, 3.05) is 23.2 Å². The Morgan fingerprint density at radius 2 is 1.65 bits per heavy atom. The Labute approximate surface area is 199 Å². The molecule has 0 aliphatic heterocycles. The highest BCUT2D eigenvalue weighted by Gasteiger charge is 2.18. The number of rotatable bonds is 9. The van der Waals surface area contributed by atoms with E-state index < -0.39 is 15.9 Å². The monoisotopic (exact) mass is 481 g/mol. The predicted molar refractivity (Wildman–Crippen MR) is 132 cm³/mol. The molecular weight excluding hydrogens is 454 g/mol. The highest BCUT2D eigenvalue weighted by Crippen LogP contribution is 2.22. The zero-order chi connectivity index (χ0) is 24.7. The number of carbonyl (C=O) groups is 2. The maximum absolute atomic E-state index is 12.9. The Morgan fingerprint density at radius 3 is 2.32 bits per heavy atom. The maximum Gasteiger partial charge on any atom is 0.261 e. The summed E-state index contributed by atoms with van der Waals surface area (Å²) in [6.07, 6.45) is 0. The van der Waals surface area contributed by atoms with E-state index in [9.17, 15) is 18.0 Å². The molecule has 0 aromatic heterocycles. The van der Waals surface area contributed by atoms with Gasteiger partial charge in [-0.3, -0.25) is 14.3 Å². The van der Waals surface area contributed by atoms with E-state index in [0.717, 1.165) is 5.56 Å². The highest BCUT2D eigenvalue weighted by molar-refractivity contribution is 7.92. The van der Waals surface area contributed by atoms with Crippen LogP contribution in [0.3, 0.4) is 0 Å². The third kappa shape index (κ3) is 6.58. The molecule has 0 aliphatic rings. The van der Waals surface area contributed by atoms with E-state index >= 15 is 0 Å². The van der Waals surface area contributed by atoms with Gasteiger partial charge in [0.2, 0.25) is 0 Å². The lowest BCUT2D eigenvalue weighted by Crippen LogP contribution is -2.28. The van der Waals surface area contributed by atoms with Crippen LogP contribution in [0.4, 0.5) is 11.4 Å². The number of nitrogens with one attached hydrogen (secondary N) is 3. The van der Waals surface area contributed by atoms with Crippen LogP contribution in [0.25, 0.3) is 0 Å². The van der Waals surface area contributed by atoms with Gasteiger partial charge in [-0.15, -0.1) is 0 Å². The molecule has 0 unspecified atom stereocenters. The maximum atomic E-state index is 12.9. The second-order valence-corrected chi connectivity index (χ2v) is 9.35. The van der Waals surface area contributed by atoms with Gasteiger partial charge in [-0.2, -0.15) is 0 Å².